The molecule has 1 aliphatic rings. The van der Waals surface area contributed by atoms with Crippen LogP contribution in [0.15, 0.2) is 46.9 Å². The number of nitrogens with zero attached hydrogens (tertiary/aromatic N) is 1. The zero-order chi connectivity index (χ0) is 21.5. The minimum absolute atomic E-state index is 0.334. The number of amides is 2. The van der Waals surface area contributed by atoms with Gasteiger partial charge in [0.25, 0.3) is 5.91 Å². The molecule has 8 heteroatoms. The topological polar surface area (TPSA) is 61.4 Å². The molecule has 1 aliphatic heterocycles. The van der Waals surface area contributed by atoms with Crippen LogP contribution in [0.25, 0.3) is 0 Å². The zero-order valence-corrected chi connectivity index (χ0v) is 19.2. The predicted molar refractivity (Wildman–Crippen MR) is 125 cm³/mol. The first kappa shape index (κ1) is 22.6. The predicted octanol–water partition coefficient (Wildman–Crippen LogP) is 4.68. The maximum atomic E-state index is 14.6. The van der Waals surface area contributed by atoms with Crippen molar-refractivity contribution in [2.45, 2.75) is 25.3 Å². The molecule has 1 atom stereocenters. The molecular weight excluding hydrogens is 469 g/mol. The molecule has 2 N–H and O–H groups in total. The van der Waals surface area contributed by atoms with Crippen LogP contribution in [0, 0.1) is 5.82 Å². The molecule has 0 aromatic heterocycles. The maximum Gasteiger partial charge on any atom is 0.253 e. The number of carbonyl (C=O) groups is 2. The Morgan fingerprint density at radius 1 is 1.20 bits per heavy atom. The largest absolute Gasteiger partial charge is 0.369 e. The SMILES string of the molecule is CSCCC(NC(=O)c1ccccc1Br)C(=O)Nc1ccc(N2CCCC2)c(F)c1. The number of hydrogen-bond donors (Lipinski definition) is 2. The number of halogens is 2. The lowest BCUT2D eigenvalue weighted by Crippen LogP contribution is -2.44. The number of carbonyl (C=O) groups excluding carboxylic acids is 2. The van der Waals surface area contributed by atoms with Crippen LogP contribution in [-0.4, -0.2) is 43.0 Å². The summed E-state index contributed by atoms with van der Waals surface area (Å²) in [5, 5.41) is 5.55. The molecule has 30 heavy (non-hydrogen) atoms. The third kappa shape index (κ3) is 5.76. The van der Waals surface area contributed by atoms with E-state index in [-0.39, 0.29) is 17.6 Å². The molecular formula is C22H25BrFN3O2S. The molecule has 2 amide bonds. The van der Waals surface area contributed by atoms with Crippen LogP contribution in [0.3, 0.4) is 0 Å². The Kier molecular flexibility index (Phi) is 8.16. The van der Waals surface area contributed by atoms with E-state index in [0.29, 0.717) is 33.6 Å². The minimum Gasteiger partial charge on any atom is -0.369 e. The van der Waals surface area contributed by atoms with E-state index in [1.807, 2.05) is 17.2 Å². The normalized spacial score (nSPS) is 14.4. The molecule has 0 spiro atoms. The number of thioether (sulfide) groups is 1. The van der Waals surface area contributed by atoms with E-state index in [4.69, 9.17) is 0 Å². The van der Waals surface area contributed by atoms with Crippen molar-refractivity contribution in [2.75, 3.05) is 35.3 Å². The van der Waals surface area contributed by atoms with E-state index >= 15 is 0 Å². The summed E-state index contributed by atoms with van der Waals surface area (Å²) in [5.41, 5.74) is 1.40. The monoisotopic (exact) mass is 493 g/mol. The Labute approximate surface area is 188 Å². The number of hydrogen-bond acceptors (Lipinski definition) is 4. The standard InChI is InChI=1S/C22H25BrFN3O2S/c1-30-13-10-19(26-21(28)16-6-2-3-7-17(16)23)22(29)25-15-8-9-20(18(24)14-15)27-11-4-5-12-27/h2-3,6-9,14,19H,4-5,10-13H2,1H3,(H,25,29)(H,26,28). The highest BCUT2D eigenvalue weighted by molar-refractivity contribution is 9.10. The van der Waals surface area contributed by atoms with Gasteiger partial charge in [0.1, 0.15) is 11.9 Å². The first-order valence-electron chi connectivity index (χ1n) is 9.89. The van der Waals surface area contributed by atoms with E-state index in [9.17, 15) is 14.0 Å². The second kappa shape index (κ2) is 10.8. The van der Waals surface area contributed by atoms with Gasteiger partial charge in [0.05, 0.1) is 11.3 Å². The summed E-state index contributed by atoms with van der Waals surface area (Å²) in [6, 6.07) is 11.1. The molecule has 0 aliphatic carbocycles. The van der Waals surface area contributed by atoms with Crippen LogP contribution >= 0.6 is 27.7 Å². The van der Waals surface area contributed by atoms with Gasteiger partial charge in [0, 0.05) is 23.2 Å². The average Bonchev–Trinajstić information content (AvgIpc) is 3.25. The lowest BCUT2D eigenvalue weighted by molar-refractivity contribution is -0.118. The van der Waals surface area contributed by atoms with E-state index in [2.05, 4.69) is 26.6 Å². The lowest BCUT2D eigenvalue weighted by atomic mass is 10.1. The Morgan fingerprint density at radius 2 is 1.93 bits per heavy atom. The molecule has 1 saturated heterocycles. The third-order valence-electron chi connectivity index (χ3n) is 5.01. The molecule has 1 fully saturated rings. The number of rotatable bonds is 8. The molecule has 2 aromatic carbocycles. The summed E-state index contributed by atoms with van der Waals surface area (Å²) in [5.74, 6) is -0.346. The Morgan fingerprint density at radius 3 is 2.60 bits per heavy atom. The second-order valence-corrected chi connectivity index (χ2v) is 8.98. The molecule has 0 bridgehead atoms. The van der Waals surface area contributed by atoms with Crippen LogP contribution < -0.4 is 15.5 Å². The second-order valence-electron chi connectivity index (χ2n) is 7.14. The van der Waals surface area contributed by atoms with E-state index in [1.165, 1.54) is 6.07 Å². The van der Waals surface area contributed by atoms with Crippen molar-refractivity contribution in [1.29, 1.82) is 0 Å². The Hall–Kier alpha value is -2.06. The third-order valence-corrected chi connectivity index (χ3v) is 6.35. The van der Waals surface area contributed by atoms with Crippen molar-refractivity contribution in [3.63, 3.8) is 0 Å². The van der Waals surface area contributed by atoms with Crippen LogP contribution in [0.5, 0.6) is 0 Å². The van der Waals surface area contributed by atoms with Crippen molar-refractivity contribution in [3.8, 4) is 0 Å². The molecule has 2 aromatic rings. The molecule has 0 saturated carbocycles. The van der Waals surface area contributed by atoms with E-state index in [1.54, 1.807) is 42.1 Å². The lowest BCUT2D eigenvalue weighted by Gasteiger charge is -2.20. The van der Waals surface area contributed by atoms with Crippen LogP contribution in [0.1, 0.15) is 29.6 Å². The summed E-state index contributed by atoms with van der Waals surface area (Å²) in [6.45, 7) is 1.70. The average molecular weight is 494 g/mol. The van der Waals surface area contributed by atoms with Crippen molar-refractivity contribution in [3.05, 3.63) is 58.3 Å². The molecule has 3 rings (SSSR count). The van der Waals surface area contributed by atoms with Crippen LogP contribution in [0.2, 0.25) is 0 Å². The number of benzene rings is 2. The van der Waals surface area contributed by atoms with Crippen molar-refractivity contribution >= 4 is 50.9 Å². The van der Waals surface area contributed by atoms with Gasteiger partial charge in [-0.25, -0.2) is 4.39 Å². The fourth-order valence-electron chi connectivity index (χ4n) is 3.41. The van der Waals surface area contributed by atoms with Gasteiger partial charge in [-0.2, -0.15) is 11.8 Å². The molecule has 1 heterocycles. The van der Waals surface area contributed by atoms with Crippen molar-refractivity contribution < 1.29 is 14.0 Å². The highest BCUT2D eigenvalue weighted by atomic mass is 79.9. The summed E-state index contributed by atoms with van der Waals surface area (Å²) >= 11 is 4.95. The van der Waals surface area contributed by atoms with Gasteiger partial charge in [-0.1, -0.05) is 12.1 Å². The first-order chi connectivity index (χ1) is 14.5. The molecule has 1 unspecified atom stereocenters. The van der Waals surface area contributed by atoms with Crippen molar-refractivity contribution in [1.82, 2.24) is 5.32 Å². The van der Waals surface area contributed by atoms with E-state index < -0.39 is 6.04 Å². The van der Waals surface area contributed by atoms with Gasteiger partial charge in [0.15, 0.2) is 0 Å². The number of anilines is 2. The van der Waals surface area contributed by atoms with Gasteiger partial charge >= 0.3 is 0 Å². The Bertz CT molecular complexity index is 906. The summed E-state index contributed by atoms with van der Waals surface area (Å²) < 4.78 is 15.2. The van der Waals surface area contributed by atoms with Gasteiger partial charge in [0.2, 0.25) is 5.91 Å². The molecule has 160 valence electrons. The summed E-state index contributed by atoms with van der Waals surface area (Å²) in [6.07, 6.45) is 4.53. The molecule has 5 nitrogen and oxygen atoms in total. The van der Waals surface area contributed by atoms with Crippen molar-refractivity contribution in [2.24, 2.45) is 0 Å². The zero-order valence-electron chi connectivity index (χ0n) is 16.8. The minimum atomic E-state index is -0.724. The first-order valence-corrected chi connectivity index (χ1v) is 12.1. The maximum absolute atomic E-state index is 14.6. The highest BCUT2D eigenvalue weighted by Crippen LogP contribution is 2.26. The quantitative estimate of drug-likeness (QED) is 0.560. The van der Waals surface area contributed by atoms with Gasteiger partial charge in [-0.15, -0.1) is 0 Å². The fraction of sp³-hybridized carbons (Fsp3) is 0.364. The van der Waals surface area contributed by atoms with E-state index in [0.717, 1.165) is 25.9 Å². The molecule has 0 radical (unpaired) electrons. The fourth-order valence-corrected chi connectivity index (χ4v) is 4.35. The smallest absolute Gasteiger partial charge is 0.253 e. The number of nitrogens with one attached hydrogen (secondary N) is 2. The van der Waals surface area contributed by atoms with Crippen LogP contribution in [-0.2, 0) is 4.79 Å². The highest BCUT2D eigenvalue weighted by Gasteiger charge is 2.23. The van der Waals surface area contributed by atoms with Crippen LogP contribution in [0.4, 0.5) is 15.8 Å². The summed E-state index contributed by atoms with van der Waals surface area (Å²) in [7, 11) is 0. The van der Waals surface area contributed by atoms with Gasteiger partial charge < -0.3 is 15.5 Å². The van der Waals surface area contributed by atoms with Gasteiger partial charge in [-0.3, -0.25) is 9.59 Å². The Balaban J connectivity index is 1.69. The van der Waals surface area contributed by atoms with Gasteiger partial charge in [-0.05, 0) is 77.5 Å². The summed E-state index contributed by atoms with van der Waals surface area (Å²) in [4.78, 5) is 27.5.